The molecule has 0 radical (unpaired) electrons. The van der Waals surface area contributed by atoms with Gasteiger partial charge < -0.3 is 9.64 Å². The third kappa shape index (κ3) is 4.53. The van der Waals surface area contributed by atoms with E-state index in [1.165, 1.54) is 22.3 Å². The molecule has 0 saturated carbocycles. The maximum absolute atomic E-state index is 12.0. The molecule has 0 fully saturated rings. The lowest BCUT2D eigenvalue weighted by Crippen LogP contribution is -2.30. The predicted octanol–water partition coefficient (Wildman–Crippen LogP) is 3.13. The summed E-state index contributed by atoms with van der Waals surface area (Å²) < 4.78 is 4.89. The SMILES string of the molecule is CN(Cc1ccsc1)C(=O)COC(=O)c1cc(Cl)ccc1[N+](=O)[O-]. The molecule has 24 heavy (non-hydrogen) atoms. The van der Waals surface area contributed by atoms with Gasteiger partial charge in [-0.05, 0) is 34.5 Å². The maximum Gasteiger partial charge on any atom is 0.345 e. The van der Waals surface area contributed by atoms with Crippen molar-refractivity contribution in [1.82, 2.24) is 4.90 Å². The largest absolute Gasteiger partial charge is 0.452 e. The first-order valence-corrected chi connectivity index (χ1v) is 8.06. The van der Waals surface area contributed by atoms with Crippen LogP contribution < -0.4 is 0 Å². The van der Waals surface area contributed by atoms with Gasteiger partial charge in [0.25, 0.3) is 11.6 Å². The van der Waals surface area contributed by atoms with Crippen molar-refractivity contribution in [1.29, 1.82) is 0 Å². The molecule has 1 heterocycles. The monoisotopic (exact) mass is 368 g/mol. The number of thiophene rings is 1. The van der Waals surface area contributed by atoms with E-state index in [-0.39, 0.29) is 10.6 Å². The summed E-state index contributed by atoms with van der Waals surface area (Å²) in [6.45, 7) is -0.125. The quantitative estimate of drug-likeness (QED) is 0.444. The molecule has 0 aliphatic heterocycles. The molecule has 0 aliphatic rings. The van der Waals surface area contributed by atoms with Gasteiger partial charge >= 0.3 is 5.97 Å². The summed E-state index contributed by atoms with van der Waals surface area (Å²) in [5.41, 5.74) is 0.247. The Morgan fingerprint density at radius 2 is 2.12 bits per heavy atom. The highest BCUT2D eigenvalue weighted by molar-refractivity contribution is 7.07. The van der Waals surface area contributed by atoms with E-state index >= 15 is 0 Å². The summed E-state index contributed by atoms with van der Waals surface area (Å²) in [5, 5.41) is 14.9. The van der Waals surface area contributed by atoms with E-state index in [0.717, 1.165) is 17.7 Å². The van der Waals surface area contributed by atoms with Crippen LogP contribution in [0.5, 0.6) is 0 Å². The Bertz CT molecular complexity index is 763. The molecule has 0 unspecified atom stereocenters. The van der Waals surface area contributed by atoms with Crippen LogP contribution in [-0.2, 0) is 16.1 Å². The van der Waals surface area contributed by atoms with E-state index in [1.54, 1.807) is 7.05 Å². The molecule has 1 aromatic heterocycles. The van der Waals surface area contributed by atoms with Crippen LogP contribution in [-0.4, -0.2) is 35.4 Å². The molecule has 0 aliphatic carbocycles. The van der Waals surface area contributed by atoms with Crippen LogP contribution in [0.1, 0.15) is 15.9 Å². The highest BCUT2D eigenvalue weighted by Gasteiger charge is 2.23. The Balaban J connectivity index is 1.99. The number of esters is 1. The zero-order valence-electron chi connectivity index (χ0n) is 12.6. The van der Waals surface area contributed by atoms with Gasteiger partial charge in [0.1, 0.15) is 5.56 Å². The Hall–Kier alpha value is -2.45. The number of amides is 1. The normalized spacial score (nSPS) is 10.2. The van der Waals surface area contributed by atoms with Gasteiger partial charge in [-0.1, -0.05) is 11.6 Å². The fraction of sp³-hybridized carbons (Fsp3) is 0.200. The van der Waals surface area contributed by atoms with E-state index in [0.29, 0.717) is 6.54 Å². The lowest BCUT2D eigenvalue weighted by atomic mass is 10.2. The molecule has 7 nitrogen and oxygen atoms in total. The zero-order valence-corrected chi connectivity index (χ0v) is 14.2. The second kappa shape index (κ2) is 7.89. The second-order valence-electron chi connectivity index (χ2n) is 4.88. The number of hydrogen-bond acceptors (Lipinski definition) is 6. The highest BCUT2D eigenvalue weighted by Crippen LogP contribution is 2.23. The van der Waals surface area contributed by atoms with Crippen LogP contribution in [0, 0.1) is 10.1 Å². The van der Waals surface area contributed by atoms with E-state index < -0.39 is 29.1 Å². The number of likely N-dealkylation sites (N-methyl/N-ethyl adjacent to an activating group) is 1. The van der Waals surface area contributed by atoms with Crippen molar-refractivity contribution in [2.45, 2.75) is 6.54 Å². The summed E-state index contributed by atoms with van der Waals surface area (Å²) in [7, 11) is 1.58. The number of nitro benzene ring substituents is 1. The van der Waals surface area contributed by atoms with Crippen LogP contribution in [0.25, 0.3) is 0 Å². The fourth-order valence-electron chi connectivity index (χ4n) is 1.89. The van der Waals surface area contributed by atoms with Crippen molar-refractivity contribution in [3.8, 4) is 0 Å². The number of hydrogen-bond donors (Lipinski definition) is 0. The van der Waals surface area contributed by atoms with Crippen molar-refractivity contribution in [3.63, 3.8) is 0 Å². The molecule has 0 saturated heterocycles. The number of nitro groups is 1. The van der Waals surface area contributed by atoms with E-state index in [2.05, 4.69) is 0 Å². The molecule has 1 amide bonds. The Morgan fingerprint density at radius 1 is 1.38 bits per heavy atom. The summed E-state index contributed by atoms with van der Waals surface area (Å²) in [4.78, 5) is 35.6. The molecule has 1 aromatic carbocycles. The van der Waals surface area contributed by atoms with Gasteiger partial charge in [-0.15, -0.1) is 0 Å². The number of nitrogens with zero attached hydrogens (tertiary/aromatic N) is 2. The summed E-state index contributed by atoms with van der Waals surface area (Å²) in [6, 6.07) is 5.44. The predicted molar refractivity (Wildman–Crippen MR) is 89.2 cm³/mol. The smallest absolute Gasteiger partial charge is 0.345 e. The average Bonchev–Trinajstić information content (AvgIpc) is 3.04. The first-order chi connectivity index (χ1) is 11.4. The molecule has 0 spiro atoms. The van der Waals surface area contributed by atoms with Gasteiger partial charge in [0.2, 0.25) is 0 Å². The minimum atomic E-state index is -0.971. The first kappa shape index (κ1) is 17.9. The lowest BCUT2D eigenvalue weighted by molar-refractivity contribution is -0.385. The molecular weight excluding hydrogens is 356 g/mol. The number of carbonyl (C=O) groups is 2. The van der Waals surface area contributed by atoms with E-state index in [4.69, 9.17) is 16.3 Å². The molecule has 0 N–H and O–H groups in total. The minimum absolute atomic E-state index is 0.161. The van der Waals surface area contributed by atoms with Crippen molar-refractivity contribution in [3.05, 3.63) is 61.3 Å². The summed E-state index contributed by atoms with van der Waals surface area (Å²) in [5.74, 6) is -1.39. The summed E-state index contributed by atoms with van der Waals surface area (Å²) in [6.07, 6.45) is 0. The van der Waals surface area contributed by atoms with Gasteiger partial charge in [0.15, 0.2) is 6.61 Å². The molecule has 126 valence electrons. The zero-order chi connectivity index (χ0) is 17.7. The van der Waals surface area contributed by atoms with Gasteiger partial charge in [0, 0.05) is 24.7 Å². The number of halogens is 1. The molecule has 2 aromatic rings. The highest BCUT2D eigenvalue weighted by atomic mass is 35.5. The third-order valence-electron chi connectivity index (χ3n) is 3.13. The van der Waals surface area contributed by atoms with Gasteiger partial charge in [-0.2, -0.15) is 11.3 Å². The molecule has 0 bridgehead atoms. The molecular formula is C15H13ClN2O5S. The van der Waals surface area contributed by atoms with E-state index in [1.807, 2.05) is 16.8 Å². The van der Waals surface area contributed by atoms with Gasteiger partial charge in [0.05, 0.1) is 4.92 Å². The Kier molecular flexibility index (Phi) is 5.88. The van der Waals surface area contributed by atoms with Gasteiger partial charge in [-0.25, -0.2) is 4.79 Å². The molecule has 9 heteroatoms. The van der Waals surface area contributed by atoms with Crippen LogP contribution in [0.15, 0.2) is 35.0 Å². The number of carbonyl (C=O) groups excluding carboxylic acids is 2. The van der Waals surface area contributed by atoms with Crippen molar-refractivity contribution >= 4 is 40.5 Å². The second-order valence-corrected chi connectivity index (χ2v) is 6.09. The van der Waals surface area contributed by atoms with E-state index in [9.17, 15) is 19.7 Å². The minimum Gasteiger partial charge on any atom is -0.452 e. The maximum atomic E-state index is 12.0. The fourth-order valence-corrected chi connectivity index (χ4v) is 2.72. The Labute approximate surface area is 146 Å². The summed E-state index contributed by atoms with van der Waals surface area (Å²) >= 11 is 7.27. The van der Waals surface area contributed by atoms with Crippen molar-refractivity contribution < 1.29 is 19.2 Å². The third-order valence-corrected chi connectivity index (χ3v) is 4.09. The van der Waals surface area contributed by atoms with Crippen molar-refractivity contribution in [2.24, 2.45) is 0 Å². The van der Waals surface area contributed by atoms with Crippen LogP contribution >= 0.6 is 22.9 Å². The topological polar surface area (TPSA) is 89.8 Å². The average molecular weight is 369 g/mol. The number of benzene rings is 1. The lowest BCUT2D eigenvalue weighted by Gasteiger charge is -2.16. The van der Waals surface area contributed by atoms with Crippen LogP contribution in [0.4, 0.5) is 5.69 Å². The standard InChI is InChI=1S/C15H13ClN2O5S/c1-17(7-10-4-5-24-9-10)14(19)8-23-15(20)12-6-11(16)2-3-13(12)18(21)22/h2-6,9H,7-8H2,1H3. The van der Waals surface area contributed by atoms with Crippen LogP contribution in [0.2, 0.25) is 5.02 Å². The number of ether oxygens (including phenoxy) is 1. The Morgan fingerprint density at radius 3 is 2.75 bits per heavy atom. The molecule has 0 atom stereocenters. The molecule has 2 rings (SSSR count). The number of rotatable bonds is 6. The van der Waals surface area contributed by atoms with Crippen LogP contribution in [0.3, 0.4) is 0 Å². The first-order valence-electron chi connectivity index (χ1n) is 6.74. The van der Waals surface area contributed by atoms with Crippen molar-refractivity contribution in [2.75, 3.05) is 13.7 Å². The van der Waals surface area contributed by atoms with Gasteiger partial charge in [-0.3, -0.25) is 14.9 Å².